The fourth-order valence-electron chi connectivity index (χ4n) is 0. The normalized spacial score (nSPS) is 0.600. The Balaban J connectivity index is -0.00000000167. The van der Waals surface area contributed by atoms with Crippen LogP contribution >= 0.6 is 0 Å². The van der Waals surface area contributed by atoms with Crippen LogP contribution in [-0.2, 0) is 54.4 Å². The topological polar surface area (TPSA) is 17.1 Å². The van der Waals surface area contributed by atoms with Crippen molar-refractivity contribution in [2.75, 3.05) is 0 Å². The fraction of sp³-hybridized carbons (Fsp3) is 0. The molecule has 35 valence electrons. The van der Waals surface area contributed by atoms with E-state index >= 15 is 0 Å². The van der Waals surface area contributed by atoms with Gasteiger partial charge in [0.2, 0.25) is 0 Å². The van der Waals surface area contributed by atoms with Crippen LogP contribution in [0.1, 0.15) is 0 Å². The molecule has 0 spiro atoms. The zero-order valence-electron chi connectivity index (χ0n) is 2.16. The van der Waals surface area contributed by atoms with Gasteiger partial charge in [0.05, 0.1) is 0 Å². The predicted octanol–water partition coefficient (Wildman–Crippen LogP) is -0.775. The zero-order chi connectivity index (χ0) is 2.00. The number of hydrogen-bond acceptors (Lipinski definition) is 1. The molecule has 1 nitrogen and oxygen atoms in total. The molecule has 5 heavy (non-hydrogen) atoms. The van der Waals surface area contributed by atoms with Crippen LogP contribution in [0.3, 0.4) is 0 Å². The third-order valence-electron chi connectivity index (χ3n) is 0. The van der Waals surface area contributed by atoms with Gasteiger partial charge in [0.25, 0.3) is 0 Å². The standard InChI is InChI=1S/Al.Fe.Mn.Ni.O.H. The molecule has 0 aliphatic rings. The average Bonchev–Trinajstić information content (AvgIpc) is 1.00. The molecule has 0 atom stereocenters. The Morgan fingerprint density at radius 2 is 1.20 bits per heavy atom. The SMILES string of the molecule is [Fe].[Mn].[Ni].[O]=[AlH]. The van der Waals surface area contributed by atoms with E-state index in [1.54, 1.807) is 0 Å². The summed E-state index contributed by atoms with van der Waals surface area (Å²) in [5.74, 6) is 0. The zero-order valence-corrected chi connectivity index (χ0v) is 6.85. The molecule has 5 heteroatoms. The van der Waals surface area contributed by atoms with Gasteiger partial charge in [-0.05, 0) is 0 Å². The molecule has 0 aromatic rings. The Hall–Kier alpha value is 1.86. The summed E-state index contributed by atoms with van der Waals surface area (Å²) in [6, 6.07) is 0. The second-order valence-electron chi connectivity index (χ2n) is 0. The summed E-state index contributed by atoms with van der Waals surface area (Å²) in [7, 11) is 0. The van der Waals surface area contributed by atoms with E-state index < -0.39 is 0 Å². The van der Waals surface area contributed by atoms with Gasteiger partial charge in [-0.25, -0.2) is 0 Å². The Bertz CT molecular complexity index is 11.6. The number of hydrogen-bond donors (Lipinski definition) is 0. The Morgan fingerprint density at radius 3 is 1.20 bits per heavy atom. The first-order valence-corrected chi connectivity index (χ1v) is 0.866. The van der Waals surface area contributed by atoms with Gasteiger partial charge in [-0.1, -0.05) is 0 Å². The summed E-state index contributed by atoms with van der Waals surface area (Å²) in [6.07, 6.45) is 0. The van der Waals surface area contributed by atoms with Gasteiger partial charge < -0.3 is 0 Å². The minimum absolute atomic E-state index is 0. The maximum absolute atomic E-state index is 8.28. The van der Waals surface area contributed by atoms with E-state index in [9.17, 15) is 0 Å². The van der Waals surface area contributed by atoms with E-state index in [2.05, 4.69) is 0 Å². The van der Waals surface area contributed by atoms with Gasteiger partial charge in [-0.2, -0.15) is 0 Å². The summed E-state index contributed by atoms with van der Waals surface area (Å²) in [5, 5.41) is 0. The molecule has 0 aliphatic carbocycles. The van der Waals surface area contributed by atoms with Crippen molar-refractivity contribution in [3.63, 3.8) is 0 Å². The maximum atomic E-state index is 8.28. The summed E-state index contributed by atoms with van der Waals surface area (Å²) in [5.41, 5.74) is 0. The quantitative estimate of drug-likeness (QED) is 0.483. The molecule has 0 aliphatic heterocycles. The summed E-state index contributed by atoms with van der Waals surface area (Å²) in [4.78, 5) is 0. The van der Waals surface area contributed by atoms with Gasteiger partial charge in [0, 0.05) is 50.6 Å². The van der Waals surface area contributed by atoms with Crippen LogP contribution in [-0.4, -0.2) is 16.2 Å². The second-order valence-corrected chi connectivity index (χ2v) is 0. The molecule has 0 aromatic carbocycles. The van der Waals surface area contributed by atoms with Crippen LogP contribution in [0.15, 0.2) is 0 Å². The van der Waals surface area contributed by atoms with Gasteiger partial charge >= 0.3 is 20.0 Å². The molecule has 0 rings (SSSR count). The van der Waals surface area contributed by atoms with Crippen LogP contribution in [0, 0.1) is 0 Å². The Morgan fingerprint density at radius 1 is 1.20 bits per heavy atom. The molecular weight excluding hydrogens is 212 g/mol. The van der Waals surface area contributed by atoms with Crippen LogP contribution in [0.25, 0.3) is 0 Å². The van der Waals surface area contributed by atoms with Crippen LogP contribution in [0.4, 0.5) is 0 Å². The van der Waals surface area contributed by atoms with Crippen molar-refractivity contribution in [3.05, 3.63) is 0 Å². The predicted molar refractivity (Wildman–Crippen MR) is 7.84 cm³/mol. The van der Waals surface area contributed by atoms with E-state index in [0.717, 1.165) is 0 Å². The van der Waals surface area contributed by atoms with Crippen molar-refractivity contribution in [1.29, 1.82) is 0 Å². The van der Waals surface area contributed by atoms with Gasteiger partial charge in [-0.3, -0.25) is 0 Å². The van der Waals surface area contributed by atoms with E-state index in [1.165, 1.54) is 0 Å². The molecule has 0 saturated heterocycles. The van der Waals surface area contributed by atoms with Crippen LogP contribution in [0.2, 0.25) is 0 Å². The van der Waals surface area contributed by atoms with E-state index in [0.29, 0.717) is 16.2 Å². The first kappa shape index (κ1) is 28.8. The Kier molecular flexibility index (Phi) is 230. The molecular formula is HAlFeMnNiO. The molecule has 0 bridgehead atoms. The second kappa shape index (κ2) is 39.9. The van der Waals surface area contributed by atoms with Crippen LogP contribution < -0.4 is 0 Å². The summed E-state index contributed by atoms with van der Waals surface area (Å²) >= 11 is 0.611. The molecule has 0 saturated carbocycles. The Labute approximate surface area is 70.2 Å². The third kappa shape index (κ3) is 25.2. The molecule has 0 fully saturated rings. The monoisotopic (exact) mass is 213 g/mol. The van der Waals surface area contributed by atoms with Crippen LogP contribution in [0.5, 0.6) is 0 Å². The van der Waals surface area contributed by atoms with Crippen molar-refractivity contribution in [2.24, 2.45) is 0 Å². The van der Waals surface area contributed by atoms with E-state index in [1.807, 2.05) is 0 Å². The molecule has 0 aromatic heterocycles. The van der Waals surface area contributed by atoms with Crippen molar-refractivity contribution in [3.8, 4) is 0 Å². The van der Waals surface area contributed by atoms with Crippen molar-refractivity contribution >= 4 is 16.2 Å². The fourth-order valence-corrected chi connectivity index (χ4v) is 0. The molecule has 1 radical (unpaired) electrons. The van der Waals surface area contributed by atoms with Gasteiger partial charge in [-0.15, -0.1) is 0 Å². The third-order valence-corrected chi connectivity index (χ3v) is 0. The summed E-state index contributed by atoms with van der Waals surface area (Å²) < 4.78 is 8.28. The molecule has 0 N–H and O–H groups in total. The van der Waals surface area contributed by atoms with Gasteiger partial charge in [0.1, 0.15) is 0 Å². The average molecular weight is 213 g/mol. The molecule has 0 unspecified atom stereocenters. The van der Waals surface area contributed by atoms with Crippen molar-refractivity contribution in [2.45, 2.75) is 0 Å². The first-order chi connectivity index (χ1) is 1.00. The number of rotatable bonds is 0. The summed E-state index contributed by atoms with van der Waals surface area (Å²) in [6.45, 7) is 0. The van der Waals surface area contributed by atoms with E-state index in [-0.39, 0.29) is 50.6 Å². The minimum atomic E-state index is 0. The van der Waals surface area contributed by atoms with Gasteiger partial charge in [0.15, 0.2) is 0 Å². The first-order valence-electron chi connectivity index (χ1n) is 0.289. The molecule has 0 heterocycles. The van der Waals surface area contributed by atoms with Crippen molar-refractivity contribution in [1.82, 2.24) is 0 Å². The van der Waals surface area contributed by atoms with Crippen molar-refractivity contribution < 1.29 is 54.4 Å². The molecule has 0 amide bonds. The van der Waals surface area contributed by atoms with E-state index in [4.69, 9.17) is 3.80 Å².